The third-order valence-corrected chi connectivity index (χ3v) is 6.18. The van der Waals surface area contributed by atoms with Crippen LogP contribution >= 0.6 is 11.8 Å². The molecule has 4 rings (SSSR count). The molecule has 0 bridgehead atoms. The quantitative estimate of drug-likeness (QED) is 0.450. The van der Waals surface area contributed by atoms with Gasteiger partial charge in [-0.3, -0.25) is 13.9 Å². The van der Waals surface area contributed by atoms with E-state index in [2.05, 4.69) is 18.2 Å². The lowest BCUT2D eigenvalue weighted by molar-refractivity contribution is 0.696. The number of benzene rings is 2. The summed E-state index contributed by atoms with van der Waals surface area (Å²) < 4.78 is 4.54. The summed E-state index contributed by atoms with van der Waals surface area (Å²) in [5.74, 6) is 0.829. The lowest BCUT2D eigenvalue weighted by Crippen LogP contribution is -2.37. The summed E-state index contributed by atoms with van der Waals surface area (Å²) in [7, 11) is 3.17. The molecule has 0 atom stereocenters. The van der Waals surface area contributed by atoms with Gasteiger partial charge in [-0.05, 0) is 24.5 Å². The van der Waals surface area contributed by atoms with Crippen LogP contribution < -0.4 is 11.2 Å². The van der Waals surface area contributed by atoms with Crippen molar-refractivity contribution in [2.75, 3.05) is 5.75 Å². The van der Waals surface area contributed by atoms with Crippen molar-refractivity contribution in [1.82, 2.24) is 18.7 Å². The lowest BCUT2D eigenvalue weighted by Gasteiger charge is -2.10. The number of imidazole rings is 1. The molecule has 2 aromatic carbocycles. The van der Waals surface area contributed by atoms with Crippen molar-refractivity contribution < 1.29 is 0 Å². The minimum atomic E-state index is -0.367. The highest BCUT2D eigenvalue weighted by molar-refractivity contribution is 7.99. The summed E-state index contributed by atoms with van der Waals surface area (Å²) in [6.45, 7) is 2.58. The van der Waals surface area contributed by atoms with E-state index in [0.717, 1.165) is 33.0 Å². The van der Waals surface area contributed by atoms with Crippen molar-refractivity contribution >= 4 is 22.9 Å². The third kappa shape index (κ3) is 3.85. The molecule has 4 aromatic rings. The van der Waals surface area contributed by atoms with E-state index in [-0.39, 0.29) is 11.2 Å². The first-order chi connectivity index (χ1) is 14.5. The van der Waals surface area contributed by atoms with Gasteiger partial charge < -0.3 is 4.57 Å². The summed E-state index contributed by atoms with van der Waals surface area (Å²) in [4.78, 5) is 30.1. The predicted octanol–water partition coefficient (Wildman–Crippen LogP) is 3.13. The summed E-state index contributed by atoms with van der Waals surface area (Å²) in [6, 6.07) is 18.5. The number of hydrogen-bond acceptors (Lipinski definition) is 4. The summed E-state index contributed by atoms with van der Waals surface area (Å²) in [5.41, 5.74) is 3.72. The minimum Gasteiger partial charge on any atom is -0.309 e. The van der Waals surface area contributed by atoms with Crippen LogP contribution in [0.2, 0.25) is 0 Å². The molecule has 0 aliphatic heterocycles. The summed E-state index contributed by atoms with van der Waals surface area (Å²) >= 11 is 1.61. The van der Waals surface area contributed by atoms with Gasteiger partial charge in [0.05, 0.1) is 6.54 Å². The van der Waals surface area contributed by atoms with Crippen LogP contribution in [0.4, 0.5) is 0 Å². The van der Waals surface area contributed by atoms with Gasteiger partial charge in [0.2, 0.25) is 0 Å². The van der Waals surface area contributed by atoms with Crippen LogP contribution in [0, 0.1) is 6.92 Å². The molecule has 2 heterocycles. The maximum absolute atomic E-state index is 13.0. The minimum absolute atomic E-state index is 0.317. The molecule has 0 saturated carbocycles. The zero-order valence-electron chi connectivity index (χ0n) is 17.3. The highest BCUT2D eigenvalue weighted by Crippen LogP contribution is 2.24. The molecule has 154 valence electrons. The molecule has 6 nitrogen and oxygen atoms in total. The van der Waals surface area contributed by atoms with Gasteiger partial charge in [-0.25, -0.2) is 9.78 Å². The van der Waals surface area contributed by atoms with Crippen LogP contribution in [0.5, 0.6) is 0 Å². The van der Waals surface area contributed by atoms with E-state index in [1.165, 1.54) is 17.2 Å². The number of thioether (sulfide) groups is 1. The summed E-state index contributed by atoms with van der Waals surface area (Å²) in [6.07, 6.45) is 0.899. The van der Waals surface area contributed by atoms with Gasteiger partial charge in [-0.15, -0.1) is 0 Å². The summed E-state index contributed by atoms with van der Waals surface area (Å²) in [5, 5.41) is 0.751. The molecular formula is C23H24N4O2S. The van der Waals surface area contributed by atoms with Crippen molar-refractivity contribution in [3.05, 3.63) is 92.1 Å². The van der Waals surface area contributed by atoms with E-state index in [9.17, 15) is 9.59 Å². The van der Waals surface area contributed by atoms with Crippen LogP contribution in [0.3, 0.4) is 0 Å². The van der Waals surface area contributed by atoms with Crippen LogP contribution in [-0.4, -0.2) is 24.4 Å². The number of hydrogen-bond donors (Lipinski definition) is 0. The van der Waals surface area contributed by atoms with Crippen LogP contribution in [0.25, 0.3) is 11.2 Å². The maximum Gasteiger partial charge on any atom is 0.332 e. The molecule has 0 spiro atoms. The van der Waals surface area contributed by atoms with Crippen molar-refractivity contribution in [2.45, 2.75) is 25.0 Å². The van der Waals surface area contributed by atoms with Crippen molar-refractivity contribution in [3.63, 3.8) is 0 Å². The molecule has 2 aromatic heterocycles. The Kier molecular flexibility index (Phi) is 5.63. The van der Waals surface area contributed by atoms with Gasteiger partial charge >= 0.3 is 5.69 Å². The molecule has 30 heavy (non-hydrogen) atoms. The molecule has 0 aliphatic carbocycles. The van der Waals surface area contributed by atoms with E-state index in [4.69, 9.17) is 4.98 Å². The third-order valence-electron chi connectivity index (χ3n) is 5.20. The topological polar surface area (TPSA) is 61.8 Å². The van der Waals surface area contributed by atoms with E-state index >= 15 is 0 Å². The largest absolute Gasteiger partial charge is 0.332 e. The van der Waals surface area contributed by atoms with Crippen LogP contribution in [0.1, 0.15) is 16.7 Å². The number of rotatable bonds is 6. The monoisotopic (exact) mass is 420 g/mol. The fourth-order valence-electron chi connectivity index (χ4n) is 3.58. The fourth-order valence-corrected chi connectivity index (χ4v) is 4.56. The van der Waals surface area contributed by atoms with E-state index in [0.29, 0.717) is 17.7 Å². The van der Waals surface area contributed by atoms with E-state index in [1.807, 2.05) is 47.9 Å². The second kappa shape index (κ2) is 8.36. The van der Waals surface area contributed by atoms with Gasteiger partial charge in [0.25, 0.3) is 5.56 Å². The average Bonchev–Trinajstić information content (AvgIpc) is 3.10. The SMILES string of the molecule is Cc1cccc(Cn2c(SCCc3ccccc3)nc3c2c(=O)n(C)c(=O)n3C)c1. The maximum atomic E-state index is 13.0. The normalized spacial score (nSPS) is 11.3. The van der Waals surface area contributed by atoms with Crippen LogP contribution in [0.15, 0.2) is 69.3 Å². The van der Waals surface area contributed by atoms with Crippen molar-refractivity contribution in [2.24, 2.45) is 14.1 Å². The first-order valence-corrected chi connectivity index (χ1v) is 10.8. The molecule has 0 aliphatic rings. The van der Waals surface area contributed by atoms with Crippen molar-refractivity contribution in [3.8, 4) is 0 Å². The molecule has 0 radical (unpaired) electrons. The lowest BCUT2D eigenvalue weighted by atomic mass is 10.1. The Hall–Kier alpha value is -3.06. The molecule has 0 fully saturated rings. The van der Waals surface area contributed by atoms with E-state index < -0.39 is 0 Å². The Morgan fingerprint density at radius 2 is 1.67 bits per heavy atom. The molecule has 7 heteroatoms. The Balaban J connectivity index is 1.77. The molecule has 0 N–H and O–H groups in total. The Morgan fingerprint density at radius 3 is 2.40 bits per heavy atom. The number of fused-ring (bicyclic) bond motifs is 1. The predicted molar refractivity (Wildman–Crippen MR) is 121 cm³/mol. The highest BCUT2D eigenvalue weighted by Gasteiger charge is 2.19. The van der Waals surface area contributed by atoms with Gasteiger partial charge in [0, 0.05) is 19.8 Å². The Bertz CT molecular complexity index is 1320. The standard InChI is InChI=1S/C23H24N4O2S/c1-16-8-7-11-18(14-16)15-27-19-20(25(2)23(29)26(3)21(19)28)24-22(27)30-13-12-17-9-5-4-6-10-17/h4-11,14H,12-13,15H2,1-3H3. The molecular weight excluding hydrogens is 396 g/mol. The Labute approximate surface area is 178 Å². The smallest absolute Gasteiger partial charge is 0.309 e. The number of aromatic nitrogens is 4. The van der Waals surface area contributed by atoms with Crippen molar-refractivity contribution in [1.29, 1.82) is 0 Å². The van der Waals surface area contributed by atoms with Gasteiger partial charge in [-0.2, -0.15) is 0 Å². The Morgan fingerprint density at radius 1 is 0.933 bits per heavy atom. The van der Waals surface area contributed by atoms with Gasteiger partial charge in [0.15, 0.2) is 16.3 Å². The average molecular weight is 421 g/mol. The number of aryl methyl sites for hydroxylation is 3. The van der Waals surface area contributed by atoms with Gasteiger partial charge in [0.1, 0.15) is 0 Å². The van der Waals surface area contributed by atoms with Crippen LogP contribution in [-0.2, 0) is 27.1 Å². The molecule has 0 amide bonds. The zero-order valence-corrected chi connectivity index (χ0v) is 18.1. The number of nitrogens with zero attached hydrogens (tertiary/aromatic N) is 4. The first kappa shape index (κ1) is 20.2. The van der Waals surface area contributed by atoms with Gasteiger partial charge in [-0.1, -0.05) is 71.9 Å². The zero-order chi connectivity index (χ0) is 21.3. The second-order valence-corrected chi connectivity index (χ2v) is 8.49. The fraction of sp³-hybridized carbons (Fsp3) is 0.261. The molecule has 0 saturated heterocycles. The highest BCUT2D eigenvalue weighted by atomic mass is 32.2. The first-order valence-electron chi connectivity index (χ1n) is 9.84. The van der Waals surface area contributed by atoms with E-state index in [1.54, 1.807) is 18.8 Å². The second-order valence-electron chi connectivity index (χ2n) is 7.43. The molecule has 0 unspecified atom stereocenters.